The Morgan fingerprint density at radius 2 is 2.14 bits per heavy atom. The molecule has 0 amide bonds. The molecule has 0 aromatic heterocycles. The van der Waals surface area contributed by atoms with Crippen LogP contribution in [0.4, 0.5) is 0 Å². The van der Waals surface area contributed by atoms with E-state index in [2.05, 4.69) is 6.07 Å². The Kier molecular flexibility index (Phi) is 3.41. The molecule has 1 aliphatic rings. The quantitative estimate of drug-likeness (QED) is 0.633. The van der Waals surface area contributed by atoms with Crippen molar-refractivity contribution in [1.29, 1.82) is 5.26 Å². The number of rotatable bonds is 1. The zero-order chi connectivity index (χ0) is 10.6. The summed E-state index contributed by atoms with van der Waals surface area (Å²) in [5, 5.41) is 8.77. The largest absolute Gasteiger partial charge is 0.295 e. The summed E-state index contributed by atoms with van der Waals surface area (Å²) in [5.74, 6) is 0.0415. The summed E-state index contributed by atoms with van der Waals surface area (Å²) in [7, 11) is 0. The highest BCUT2D eigenvalue weighted by Crippen LogP contribution is 2.17. The molecule has 0 heterocycles. The predicted molar refractivity (Wildman–Crippen MR) is 55.5 cm³/mol. The summed E-state index contributed by atoms with van der Waals surface area (Å²) in [5.41, 5.74) is 2.55. The van der Waals surface area contributed by atoms with Crippen LogP contribution in [0.3, 0.4) is 0 Å². The minimum atomic E-state index is 0.0415. The molecule has 0 aromatic carbocycles. The van der Waals surface area contributed by atoms with Gasteiger partial charge in [0.2, 0.25) is 0 Å². The first kappa shape index (κ1) is 10.5. The van der Waals surface area contributed by atoms with Crippen molar-refractivity contribution in [1.82, 2.24) is 0 Å². The van der Waals surface area contributed by atoms with Crippen LogP contribution in [0.25, 0.3) is 0 Å². The standard InChI is InChI=1S/C12H13NO/c1-9-3-4-11(8-13)5-6-12(7-9)10(2)14/h5-7H,3-4H2,1-2H3/b9-7?,11-5+,12-6?. The number of hydrogen-bond acceptors (Lipinski definition) is 2. The Hall–Kier alpha value is -1.62. The lowest BCUT2D eigenvalue weighted by Crippen LogP contribution is -1.96. The third-order valence-corrected chi connectivity index (χ3v) is 2.20. The average Bonchev–Trinajstić information content (AvgIpc) is 2.11. The number of ketones is 1. The van der Waals surface area contributed by atoms with Gasteiger partial charge in [-0.1, -0.05) is 17.7 Å². The molecule has 0 aromatic rings. The summed E-state index contributed by atoms with van der Waals surface area (Å²) in [6, 6.07) is 2.13. The van der Waals surface area contributed by atoms with Gasteiger partial charge in [-0.2, -0.15) is 5.26 Å². The van der Waals surface area contributed by atoms with Crippen molar-refractivity contribution in [2.75, 3.05) is 0 Å². The first-order valence-corrected chi connectivity index (χ1v) is 4.62. The van der Waals surface area contributed by atoms with Crippen LogP contribution in [0, 0.1) is 11.3 Å². The van der Waals surface area contributed by atoms with E-state index >= 15 is 0 Å². The van der Waals surface area contributed by atoms with E-state index in [1.807, 2.05) is 13.0 Å². The van der Waals surface area contributed by atoms with Crippen molar-refractivity contribution in [2.24, 2.45) is 0 Å². The summed E-state index contributed by atoms with van der Waals surface area (Å²) in [4.78, 5) is 11.2. The van der Waals surface area contributed by atoms with E-state index in [9.17, 15) is 4.79 Å². The Morgan fingerprint density at radius 3 is 2.71 bits per heavy atom. The van der Waals surface area contributed by atoms with Crippen molar-refractivity contribution in [2.45, 2.75) is 26.7 Å². The maximum absolute atomic E-state index is 11.2. The zero-order valence-electron chi connectivity index (χ0n) is 8.50. The second-order valence-corrected chi connectivity index (χ2v) is 3.47. The van der Waals surface area contributed by atoms with E-state index in [4.69, 9.17) is 5.26 Å². The maximum atomic E-state index is 11.2. The van der Waals surface area contributed by atoms with Crippen molar-refractivity contribution in [3.63, 3.8) is 0 Å². The molecule has 1 rings (SSSR count). The molecule has 0 atom stereocenters. The Bertz CT molecular complexity index is 378. The maximum Gasteiger partial charge on any atom is 0.159 e. The van der Waals surface area contributed by atoms with E-state index < -0.39 is 0 Å². The van der Waals surface area contributed by atoms with E-state index in [0.717, 1.165) is 24.0 Å². The molecule has 0 radical (unpaired) electrons. The van der Waals surface area contributed by atoms with Crippen LogP contribution < -0.4 is 0 Å². The van der Waals surface area contributed by atoms with E-state index in [0.29, 0.717) is 5.57 Å². The predicted octanol–water partition coefficient (Wildman–Crippen LogP) is 2.69. The monoisotopic (exact) mass is 187 g/mol. The summed E-state index contributed by atoms with van der Waals surface area (Å²) < 4.78 is 0. The van der Waals surface area contributed by atoms with Gasteiger partial charge >= 0.3 is 0 Å². The van der Waals surface area contributed by atoms with Crippen molar-refractivity contribution < 1.29 is 4.79 Å². The normalized spacial score (nSPS) is 20.5. The van der Waals surface area contributed by atoms with Crippen molar-refractivity contribution in [3.8, 4) is 6.07 Å². The molecule has 2 nitrogen and oxygen atoms in total. The fourth-order valence-electron chi connectivity index (χ4n) is 1.30. The lowest BCUT2D eigenvalue weighted by Gasteiger charge is -2.05. The molecule has 0 unspecified atom stereocenters. The Balaban J connectivity index is 3.06. The number of allylic oxidation sites excluding steroid dienone is 6. The molecular weight excluding hydrogens is 174 g/mol. The van der Waals surface area contributed by atoms with Crippen LogP contribution in [-0.4, -0.2) is 5.78 Å². The van der Waals surface area contributed by atoms with Gasteiger partial charge in [0, 0.05) is 11.1 Å². The van der Waals surface area contributed by atoms with Gasteiger partial charge in [-0.25, -0.2) is 0 Å². The topological polar surface area (TPSA) is 40.9 Å². The highest BCUT2D eigenvalue weighted by Gasteiger charge is 2.05. The first-order chi connectivity index (χ1) is 6.63. The molecule has 2 heteroatoms. The molecule has 0 fully saturated rings. The minimum absolute atomic E-state index is 0.0415. The van der Waals surface area contributed by atoms with Gasteiger partial charge in [-0.15, -0.1) is 0 Å². The van der Waals surface area contributed by atoms with Crippen LogP contribution in [0.5, 0.6) is 0 Å². The molecule has 0 bridgehead atoms. The third kappa shape index (κ3) is 2.70. The van der Waals surface area contributed by atoms with Crippen molar-refractivity contribution in [3.05, 3.63) is 34.9 Å². The number of carbonyl (C=O) groups excluding carboxylic acids is 1. The van der Waals surface area contributed by atoms with Gasteiger partial charge in [0.05, 0.1) is 6.07 Å². The van der Waals surface area contributed by atoms with Gasteiger partial charge < -0.3 is 0 Å². The lowest BCUT2D eigenvalue weighted by molar-refractivity contribution is -0.113. The number of Topliss-reactive ketones (excluding diaryl/α,β-unsaturated/α-hetero) is 1. The second kappa shape index (κ2) is 4.57. The molecule has 0 N–H and O–H groups in total. The zero-order valence-corrected chi connectivity index (χ0v) is 8.50. The SMILES string of the molecule is CC(=O)C1=C/C=C(/C#N)CCC(C)=C1. The van der Waals surface area contributed by atoms with Gasteiger partial charge in [0.1, 0.15) is 0 Å². The van der Waals surface area contributed by atoms with E-state index in [-0.39, 0.29) is 5.78 Å². The molecule has 72 valence electrons. The number of nitrogens with zero attached hydrogens (tertiary/aromatic N) is 1. The first-order valence-electron chi connectivity index (χ1n) is 4.62. The minimum Gasteiger partial charge on any atom is -0.295 e. The highest BCUT2D eigenvalue weighted by molar-refractivity contribution is 5.96. The van der Waals surface area contributed by atoms with Crippen LogP contribution in [-0.2, 0) is 4.79 Å². The van der Waals surface area contributed by atoms with Crippen LogP contribution in [0.1, 0.15) is 26.7 Å². The molecule has 0 aliphatic heterocycles. The molecule has 0 spiro atoms. The molecular formula is C12H13NO. The fourth-order valence-corrected chi connectivity index (χ4v) is 1.30. The molecule has 1 aliphatic carbocycles. The summed E-state index contributed by atoms with van der Waals surface area (Å²) in [6.07, 6.45) is 6.97. The number of carbonyl (C=O) groups is 1. The molecule has 14 heavy (non-hydrogen) atoms. The van der Waals surface area contributed by atoms with Gasteiger partial charge in [0.25, 0.3) is 0 Å². The molecule has 0 saturated heterocycles. The fraction of sp³-hybridized carbons (Fsp3) is 0.333. The van der Waals surface area contributed by atoms with Crippen LogP contribution >= 0.6 is 0 Å². The second-order valence-electron chi connectivity index (χ2n) is 3.47. The van der Waals surface area contributed by atoms with Crippen LogP contribution in [0.2, 0.25) is 0 Å². The van der Waals surface area contributed by atoms with Gasteiger partial charge in [-0.05, 0) is 32.8 Å². The third-order valence-electron chi connectivity index (χ3n) is 2.20. The van der Waals surface area contributed by atoms with Gasteiger partial charge in [-0.3, -0.25) is 4.79 Å². The summed E-state index contributed by atoms with van der Waals surface area (Å²) in [6.45, 7) is 3.52. The summed E-state index contributed by atoms with van der Waals surface area (Å²) >= 11 is 0. The van der Waals surface area contributed by atoms with Crippen molar-refractivity contribution >= 4 is 5.78 Å². The van der Waals surface area contributed by atoms with E-state index in [1.54, 1.807) is 12.2 Å². The lowest BCUT2D eigenvalue weighted by atomic mass is 9.99. The van der Waals surface area contributed by atoms with E-state index in [1.165, 1.54) is 6.92 Å². The number of nitriles is 1. The van der Waals surface area contributed by atoms with Gasteiger partial charge in [0.15, 0.2) is 5.78 Å². The average molecular weight is 187 g/mol. The van der Waals surface area contributed by atoms with Crippen LogP contribution in [0.15, 0.2) is 34.9 Å². The Morgan fingerprint density at radius 1 is 1.43 bits per heavy atom. The number of hydrogen-bond donors (Lipinski definition) is 0. The smallest absolute Gasteiger partial charge is 0.159 e. The Labute approximate surface area is 84.2 Å². The highest BCUT2D eigenvalue weighted by atomic mass is 16.1. The molecule has 0 saturated carbocycles.